The van der Waals surface area contributed by atoms with Gasteiger partial charge in [-0.2, -0.15) is 11.8 Å². The number of nitrogens with zero attached hydrogens (tertiary/aromatic N) is 1. The SMILES string of the molecule is CN=C(NCCS(=O)(=O)c1ccc(Br)cc1)NC1CCC(SC)C1. The maximum atomic E-state index is 12.3. The molecule has 1 aromatic carbocycles. The third-order valence-electron chi connectivity index (χ3n) is 4.12. The van der Waals surface area contributed by atoms with E-state index in [9.17, 15) is 8.42 Å². The number of benzene rings is 1. The second-order valence-electron chi connectivity index (χ2n) is 5.78. The van der Waals surface area contributed by atoms with E-state index in [4.69, 9.17) is 0 Å². The summed E-state index contributed by atoms with van der Waals surface area (Å²) < 4.78 is 25.5. The van der Waals surface area contributed by atoms with Gasteiger partial charge in [0.15, 0.2) is 15.8 Å². The van der Waals surface area contributed by atoms with E-state index in [1.807, 2.05) is 11.8 Å². The molecule has 0 aromatic heterocycles. The van der Waals surface area contributed by atoms with E-state index in [1.165, 1.54) is 6.42 Å². The highest BCUT2D eigenvalue weighted by Gasteiger charge is 2.24. The van der Waals surface area contributed by atoms with E-state index >= 15 is 0 Å². The van der Waals surface area contributed by atoms with Crippen molar-refractivity contribution < 1.29 is 8.42 Å². The molecule has 2 atom stereocenters. The van der Waals surface area contributed by atoms with Gasteiger partial charge in [-0.3, -0.25) is 4.99 Å². The predicted molar refractivity (Wildman–Crippen MR) is 106 cm³/mol. The van der Waals surface area contributed by atoms with Crippen LogP contribution in [0.1, 0.15) is 19.3 Å². The fraction of sp³-hybridized carbons (Fsp3) is 0.562. The molecule has 0 radical (unpaired) electrons. The average Bonchev–Trinajstić information content (AvgIpc) is 3.02. The first-order valence-corrected chi connectivity index (χ1v) is 11.7. The molecule has 2 rings (SSSR count). The molecule has 1 aromatic rings. The normalized spacial score (nSPS) is 21.7. The monoisotopic (exact) mass is 433 g/mol. The Morgan fingerprint density at radius 2 is 2.04 bits per heavy atom. The van der Waals surface area contributed by atoms with Gasteiger partial charge in [-0.05, 0) is 49.8 Å². The Kier molecular flexibility index (Phi) is 7.43. The minimum Gasteiger partial charge on any atom is -0.355 e. The van der Waals surface area contributed by atoms with Crippen molar-refractivity contribution in [3.63, 3.8) is 0 Å². The van der Waals surface area contributed by atoms with Crippen LogP contribution in [0.15, 0.2) is 38.6 Å². The number of thioether (sulfide) groups is 1. The summed E-state index contributed by atoms with van der Waals surface area (Å²) in [5, 5.41) is 7.20. The summed E-state index contributed by atoms with van der Waals surface area (Å²) in [7, 11) is -1.58. The molecule has 1 aliphatic carbocycles. The average molecular weight is 434 g/mol. The molecule has 1 saturated carbocycles. The summed E-state index contributed by atoms with van der Waals surface area (Å²) in [6.45, 7) is 0.330. The molecule has 8 heteroatoms. The maximum absolute atomic E-state index is 12.3. The van der Waals surface area contributed by atoms with E-state index in [0.717, 1.165) is 17.3 Å². The van der Waals surface area contributed by atoms with Crippen LogP contribution in [-0.4, -0.2) is 51.3 Å². The van der Waals surface area contributed by atoms with Gasteiger partial charge in [0.25, 0.3) is 0 Å². The molecule has 1 fully saturated rings. The lowest BCUT2D eigenvalue weighted by Crippen LogP contribution is -2.44. The van der Waals surface area contributed by atoms with Crippen LogP contribution in [0.3, 0.4) is 0 Å². The van der Waals surface area contributed by atoms with Gasteiger partial charge in [0, 0.05) is 29.4 Å². The maximum Gasteiger partial charge on any atom is 0.191 e. The van der Waals surface area contributed by atoms with Crippen LogP contribution in [-0.2, 0) is 9.84 Å². The molecule has 5 nitrogen and oxygen atoms in total. The molecule has 0 amide bonds. The third kappa shape index (κ3) is 5.67. The van der Waals surface area contributed by atoms with Crippen LogP contribution in [0, 0.1) is 0 Å². The molecule has 24 heavy (non-hydrogen) atoms. The molecular weight excluding hydrogens is 410 g/mol. The molecule has 2 N–H and O–H groups in total. The zero-order chi connectivity index (χ0) is 17.6. The molecular formula is C16H24BrN3O2S2. The number of halogens is 1. The van der Waals surface area contributed by atoms with Crippen molar-refractivity contribution in [2.24, 2.45) is 4.99 Å². The van der Waals surface area contributed by atoms with Gasteiger partial charge in [-0.1, -0.05) is 15.9 Å². The fourth-order valence-electron chi connectivity index (χ4n) is 2.74. The van der Waals surface area contributed by atoms with Crippen LogP contribution in [0.4, 0.5) is 0 Å². The summed E-state index contributed by atoms with van der Waals surface area (Å²) in [5.41, 5.74) is 0. The van der Waals surface area contributed by atoms with Crippen molar-refractivity contribution in [1.29, 1.82) is 0 Å². The van der Waals surface area contributed by atoms with Crippen molar-refractivity contribution >= 4 is 43.5 Å². The van der Waals surface area contributed by atoms with Crippen molar-refractivity contribution in [2.45, 2.75) is 35.4 Å². The van der Waals surface area contributed by atoms with Crippen LogP contribution < -0.4 is 10.6 Å². The lowest BCUT2D eigenvalue weighted by atomic mass is 10.2. The van der Waals surface area contributed by atoms with Crippen LogP contribution in [0.2, 0.25) is 0 Å². The second-order valence-corrected chi connectivity index (χ2v) is 9.95. The van der Waals surface area contributed by atoms with Gasteiger partial charge >= 0.3 is 0 Å². The quantitative estimate of drug-likeness (QED) is 0.532. The van der Waals surface area contributed by atoms with Crippen LogP contribution in [0.5, 0.6) is 0 Å². The van der Waals surface area contributed by atoms with Crippen molar-refractivity contribution in [2.75, 3.05) is 25.6 Å². The summed E-state index contributed by atoms with van der Waals surface area (Å²) in [6.07, 6.45) is 5.61. The standard InChI is InChI=1S/C16H24BrN3O2S2/c1-18-16(20-13-5-6-14(11-13)23-2)19-9-10-24(21,22)15-7-3-12(17)4-8-15/h3-4,7-8,13-14H,5-6,9-11H2,1-2H3,(H2,18,19,20). The molecule has 2 unspecified atom stereocenters. The van der Waals surface area contributed by atoms with E-state index in [0.29, 0.717) is 28.7 Å². The number of nitrogens with one attached hydrogen (secondary N) is 2. The lowest BCUT2D eigenvalue weighted by Gasteiger charge is -2.17. The predicted octanol–water partition coefficient (Wildman–Crippen LogP) is 2.67. The Morgan fingerprint density at radius 3 is 2.62 bits per heavy atom. The summed E-state index contributed by atoms with van der Waals surface area (Å²) in [5.74, 6) is 0.709. The minimum atomic E-state index is -3.29. The number of aliphatic imine (C=N–C) groups is 1. The van der Waals surface area contributed by atoms with E-state index in [-0.39, 0.29) is 5.75 Å². The van der Waals surface area contributed by atoms with Crippen molar-refractivity contribution in [1.82, 2.24) is 10.6 Å². The number of rotatable bonds is 6. The zero-order valence-corrected chi connectivity index (χ0v) is 17.2. The Bertz CT molecular complexity index is 662. The third-order valence-corrected chi connectivity index (χ3v) is 7.47. The van der Waals surface area contributed by atoms with Crippen LogP contribution >= 0.6 is 27.7 Å². The van der Waals surface area contributed by atoms with E-state index < -0.39 is 9.84 Å². The Labute approximate surface area is 157 Å². The highest BCUT2D eigenvalue weighted by atomic mass is 79.9. The molecule has 0 heterocycles. The summed E-state index contributed by atoms with van der Waals surface area (Å²) in [4.78, 5) is 4.53. The van der Waals surface area contributed by atoms with Gasteiger partial charge in [0.1, 0.15) is 0 Å². The van der Waals surface area contributed by atoms with Gasteiger partial charge in [0.2, 0.25) is 0 Å². The highest BCUT2D eigenvalue weighted by Crippen LogP contribution is 2.28. The molecule has 0 spiro atoms. The van der Waals surface area contributed by atoms with Gasteiger partial charge in [0.05, 0.1) is 10.6 Å². The van der Waals surface area contributed by atoms with Crippen molar-refractivity contribution in [3.8, 4) is 0 Å². The largest absolute Gasteiger partial charge is 0.355 e. The molecule has 0 bridgehead atoms. The molecule has 1 aliphatic rings. The first-order chi connectivity index (χ1) is 11.4. The summed E-state index contributed by atoms with van der Waals surface area (Å²) in [6, 6.07) is 7.13. The summed E-state index contributed by atoms with van der Waals surface area (Å²) >= 11 is 5.22. The molecule has 0 aliphatic heterocycles. The number of hydrogen-bond acceptors (Lipinski definition) is 4. The minimum absolute atomic E-state index is 0.0352. The fourth-order valence-corrected chi connectivity index (χ4v) is 4.95. The lowest BCUT2D eigenvalue weighted by molar-refractivity contribution is 0.592. The number of guanidine groups is 1. The first kappa shape index (κ1) is 19.6. The topological polar surface area (TPSA) is 70.6 Å². The highest BCUT2D eigenvalue weighted by molar-refractivity contribution is 9.10. The Morgan fingerprint density at radius 1 is 1.33 bits per heavy atom. The molecule has 134 valence electrons. The smallest absolute Gasteiger partial charge is 0.191 e. The van der Waals surface area contributed by atoms with Crippen LogP contribution in [0.25, 0.3) is 0 Å². The Balaban J connectivity index is 1.82. The first-order valence-electron chi connectivity index (χ1n) is 7.93. The van der Waals surface area contributed by atoms with E-state index in [2.05, 4.69) is 37.8 Å². The van der Waals surface area contributed by atoms with Gasteiger partial charge in [-0.25, -0.2) is 8.42 Å². The number of sulfone groups is 1. The second kappa shape index (κ2) is 9.10. The Hall–Kier alpha value is -0.730. The van der Waals surface area contributed by atoms with E-state index in [1.54, 1.807) is 31.3 Å². The van der Waals surface area contributed by atoms with Gasteiger partial charge in [-0.15, -0.1) is 0 Å². The number of hydrogen-bond donors (Lipinski definition) is 2. The van der Waals surface area contributed by atoms with Gasteiger partial charge < -0.3 is 10.6 Å². The molecule has 0 saturated heterocycles. The zero-order valence-electron chi connectivity index (χ0n) is 14.0. The van der Waals surface area contributed by atoms with Crippen molar-refractivity contribution in [3.05, 3.63) is 28.7 Å².